The van der Waals surface area contributed by atoms with Crippen LogP contribution in [-0.2, 0) is 6.42 Å². The summed E-state index contributed by atoms with van der Waals surface area (Å²) in [4.78, 5) is 4.63. The average Bonchev–Trinajstić information content (AvgIpc) is 2.79. The van der Waals surface area contributed by atoms with Crippen molar-refractivity contribution in [2.24, 2.45) is 0 Å². The normalized spacial score (nSPS) is 10.6. The average molecular weight is 252 g/mol. The maximum atomic E-state index is 5.65. The maximum absolute atomic E-state index is 5.65. The quantitative estimate of drug-likeness (QED) is 0.568. The first-order chi connectivity index (χ1) is 7.90. The number of unbranched alkanes of at least 4 members (excludes halogenated alkanes) is 1. The number of thiazole rings is 1. The fourth-order valence-electron chi connectivity index (χ4n) is 1.54. The van der Waals surface area contributed by atoms with Crippen LogP contribution in [0.4, 0.5) is 0 Å². The molecule has 0 aliphatic carbocycles. The molecule has 0 amide bonds. The molecule has 0 saturated carbocycles. The van der Waals surface area contributed by atoms with Gasteiger partial charge in [-0.1, -0.05) is 30.3 Å². The van der Waals surface area contributed by atoms with Crippen molar-refractivity contribution in [2.75, 3.05) is 5.88 Å². The lowest BCUT2D eigenvalue weighted by molar-refractivity contribution is 0.795. The van der Waals surface area contributed by atoms with E-state index in [1.807, 2.05) is 18.2 Å². The number of benzene rings is 1. The minimum atomic E-state index is 0.747. The maximum Gasteiger partial charge on any atom is 0.0932 e. The zero-order chi connectivity index (χ0) is 11.2. The highest BCUT2D eigenvalue weighted by Gasteiger charge is 2.03. The molecule has 2 rings (SSSR count). The second-order valence-electron chi connectivity index (χ2n) is 3.64. The highest BCUT2D eigenvalue weighted by atomic mass is 35.5. The van der Waals surface area contributed by atoms with Gasteiger partial charge in [0.1, 0.15) is 0 Å². The number of hydrogen-bond donors (Lipinski definition) is 0. The Morgan fingerprint density at radius 3 is 2.69 bits per heavy atom. The van der Waals surface area contributed by atoms with E-state index in [9.17, 15) is 0 Å². The largest absolute Gasteiger partial charge is 0.241 e. The molecule has 0 saturated heterocycles. The van der Waals surface area contributed by atoms with Gasteiger partial charge in [0.05, 0.1) is 10.7 Å². The van der Waals surface area contributed by atoms with Crippen LogP contribution in [-0.4, -0.2) is 10.9 Å². The van der Waals surface area contributed by atoms with Crippen LogP contribution in [0, 0.1) is 0 Å². The molecule has 0 aliphatic rings. The van der Waals surface area contributed by atoms with E-state index in [0.717, 1.165) is 30.8 Å². The Kier molecular flexibility index (Phi) is 4.37. The van der Waals surface area contributed by atoms with E-state index in [4.69, 9.17) is 11.6 Å². The van der Waals surface area contributed by atoms with Crippen molar-refractivity contribution in [3.63, 3.8) is 0 Å². The Hall–Kier alpha value is -0.860. The molecule has 1 nitrogen and oxygen atoms in total. The number of alkyl halides is 1. The van der Waals surface area contributed by atoms with E-state index in [1.165, 1.54) is 10.6 Å². The van der Waals surface area contributed by atoms with Gasteiger partial charge >= 0.3 is 0 Å². The van der Waals surface area contributed by atoms with Crippen LogP contribution < -0.4 is 0 Å². The predicted molar refractivity (Wildman–Crippen MR) is 71.2 cm³/mol. The molecule has 0 radical (unpaired) electrons. The first-order valence-electron chi connectivity index (χ1n) is 5.46. The number of nitrogens with zero attached hydrogens (tertiary/aromatic N) is 1. The SMILES string of the molecule is ClCCCCc1nc(-c2ccccc2)cs1. The van der Waals surface area contributed by atoms with Gasteiger partial charge in [-0.25, -0.2) is 4.98 Å². The third kappa shape index (κ3) is 3.06. The topological polar surface area (TPSA) is 12.9 Å². The summed E-state index contributed by atoms with van der Waals surface area (Å²) < 4.78 is 0. The Balaban J connectivity index is 2.02. The smallest absolute Gasteiger partial charge is 0.0932 e. The van der Waals surface area contributed by atoms with Crippen LogP contribution in [0.2, 0.25) is 0 Å². The molecule has 0 fully saturated rings. The van der Waals surface area contributed by atoms with Crippen molar-refractivity contribution in [3.8, 4) is 11.3 Å². The van der Waals surface area contributed by atoms with Crippen LogP contribution in [0.3, 0.4) is 0 Å². The third-order valence-corrected chi connectivity index (χ3v) is 3.57. The summed E-state index contributed by atoms with van der Waals surface area (Å²) in [6, 6.07) is 10.3. The lowest BCUT2D eigenvalue weighted by Gasteiger charge is -1.95. The van der Waals surface area contributed by atoms with Crippen molar-refractivity contribution in [3.05, 3.63) is 40.7 Å². The number of halogens is 1. The fourth-order valence-corrected chi connectivity index (χ4v) is 2.58. The van der Waals surface area contributed by atoms with Gasteiger partial charge < -0.3 is 0 Å². The lowest BCUT2D eigenvalue weighted by Crippen LogP contribution is -1.85. The first kappa shape index (κ1) is 11.6. The van der Waals surface area contributed by atoms with E-state index >= 15 is 0 Å². The summed E-state index contributed by atoms with van der Waals surface area (Å²) in [6.45, 7) is 0. The van der Waals surface area contributed by atoms with Gasteiger partial charge in [0, 0.05) is 16.8 Å². The van der Waals surface area contributed by atoms with Gasteiger partial charge in [-0.3, -0.25) is 0 Å². The highest BCUT2D eigenvalue weighted by Crippen LogP contribution is 2.22. The minimum absolute atomic E-state index is 0.747. The molecule has 1 heterocycles. The van der Waals surface area contributed by atoms with Crippen LogP contribution in [0.1, 0.15) is 17.8 Å². The summed E-state index contributed by atoms with van der Waals surface area (Å²) in [5.74, 6) is 0.747. The van der Waals surface area contributed by atoms with Gasteiger partial charge in [0.15, 0.2) is 0 Å². The lowest BCUT2D eigenvalue weighted by atomic mass is 10.2. The standard InChI is InChI=1S/C13H14ClNS/c14-9-5-4-8-13-15-12(10-16-13)11-6-2-1-3-7-11/h1-3,6-7,10H,4-5,8-9H2. The van der Waals surface area contributed by atoms with Crippen molar-refractivity contribution in [2.45, 2.75) is 19.3 Å². The zero-order valence-electron chi connectivity index (χ0n) is 9.03. The molecule has 2 aromatic rings. The summed E-state index contributed by atoms with van der Waals surface area (Å²) in [7, 11) is 0. The van der Waals surface area contributed by atoms with E-state index in [1.54, 1.807) is 11.3 Å². The number of aryl methyl sites for hydroxylation is 1. The fraction of sp³-hybridized carbons (Fsp3) is 0.308. The van der Waals surface area contributed by atoms with E-state index in [2.05, 4.69) is 22.5 Å². The molecule has 0 aliphatic heterocycles. The Morgan fingerprint density at radius 1 is 1.12 bits per heavy atom. The Labute approximate surface area is 105 Å². The molecule has 0 spiro atoms. The Bertz CT molecular complexity index is 425. The van der Waals surface area contributed by atoms with Crippen LogP contribution >= 0.6 is 22.9 Å². The van der Waals surface area contributed by atoms with Gasteiger partial charge in [-0.05, 0) is 19.3 Å². The van der Waals surface area contributed by atoms with E-state index in [-0.39, 0.29) is 0 Å². The van der Waals surface area contributed by atoms with Crippen LogP contribution in [0.25, 0.3) is 11.3 Å². The number of rotatable bonds is 5. The molecule has 3 heteroatoms. The summed E-state index contributed by atoms with van der Waals surface area (Å²) >= 11 is 7.39. The van der Waals surface area contributed by atoms with E-state index in [0.29, 0.717) is 0 Å². The zero-order valence-corrected chi connectivity index (χ0v) is 10.6. The highest BCUT2D eigenvalue weighted by molar-refractivity contribution is 7.09. The molecule has 0 N–H and O–H groups in total. The molecule has 16 heavy (non-hydrogen) atoms. The molecule has 0 unspecified atom stereocenters. The first-order valence-corrected chi connectivity index (χ1v) is 6.87. The molecule has 0 bridgehead atoms. The molecular weight excluding hydrogens is 238 g/mol. The molecule has 1 aromatic heterocycles. The summed E-state index contributed by atoms with van der Waals surface area (Å²) in [6.07, 6.45) is 3.25. The van der Waals surface area contributed by atoms with Crippen LogP contribution in [0.15, 0.2) is 35.7 Å². The Morgan fingerprint density at radius 2 is 1.94 bits per heavy atom. The van der Waals surface area contributed by atoms with Gasteiger partial charge in [-0.15, -0.1) is 22.9 Å². The monoisotopic (exact) mass is 251 g/mol. The number of hydrogen-bond acceptors (Lipinski definition) is 2. The van der Waals surface area contributed by atoms with Crippen molar-refractivity contribution < 1.29 is 0 Å². The minimum Gasteiger partial charge on any atom is -0.241 e. The summed E-state index contributed by atoms with van der Waals surface area (Å²) in [5, 5.41) is 3.34. The van der Waals surface area contributed by atoms with Crippen molar-refractivity contribution in [1.82, 2.24) is 4.98 Å². The molecule has 84 valence electrons. The predicted octanol–water partition coefficient (Wildman–Crippen LogP) is 4.37. The third-order valence-electron chi connectivity index (χ3n) is 2.40. The molecule has 1 aromatic carbocycles. The van der Waals surface area contributed by atoms with Gasteiger partial charge in [-0.2, -0.15) is 0 Å². The summed E-state index contributed by atoms with van der Waals surface area (Å²) in [5.41, 5.74) is 2.29. The number of aromatic nitrogens is 1. The molecular formula is C13H14ClNS. The van der Waals surface area contributed by atoms with Gasteiger partial charge in [0.25, 0.3) is 0 Å². The van der Waals surface area contributed by atoms with Gasteiger partial charge in [0.2, 0.25) is 0 Å². The van der Waals surface area contributed by atoms with E-state index < -0.39 is 0 Å². The second kappa shape index (κ2) is 6.02. The van der Waals surface area contributed by atoms with Crippen LogP contribution in [0.5, 0.6) is 0 Å². The molecule has 0 atom stereocenters. The van der Waals surface area contributed by atoms with Crippen molar-refractivity contribution >= 4 is 22.9 Å². The second-order valence-corrected chi connectivity index (χ2v) is 4.96. The van der Waals surface area contributed by atoms with Crippen molar-refractivity contribution in [1.29, 1.82) is 0 Å².